The molecule has 1 heterocycles. The molecule has 2 aliphatic rings. The van der Waals surface area contributed by atoms with E-state index in [0.29, 0.717) is 18.4 Å². The fourth-order valence-corrected chi connectivity index (χ4v) is 3.10. The Balaban J connectivity index is 1.97. The highest BCUT2D eigenvalue weighted by atomic mass is 16.2. The third-order valence-electron chi connectivity index (χ3n) is 4.76. The standard InChI is InChI=1S/C16H28N2O2/c1-11(2)7-5-6-10-18-12(3)14(19)17-16(4,15(18)20)13-8-9-13/h11-13H,5-10H2,1-4H3,(H,17,19). The first-order valence-electron chi connectivity index (χ1n) is 7.99. The second-order valence-electron chi connectivity index (χ2n) is 7.03. The average molecular weight is 280 g/mol. The van der Waals surface area contributed by atoms with Gasteiger partial charge in [0.15, 0.2) is 0 Å². The number of nitrogens with one attached hydrogen (secondary N) is 1. The summed E-state index contributed by atoms with van der Waals surface area (Å²) >= 11 is 0. The van der Waals surface area contributed by atoms with Gasteiger partial charge < -0.3 is 10.2 Å². The summed E-state index contributed by atoms with van der Waals surface area (Å²) in [4.78, 5) is 26.7. The van der Waals surface area contributed by atoms with Crippen molar-refractivity contribution in [3.63, 3.8) is 0 Å². The van der Waals surface area contributed by atoms with Crippen molar-refractivity contribution in [2.24, 2.45) is 11.8 Å². The minimum atomic E-state index is -0.651. The molecule has 0 bridgehead atoms. The van der Waals surface area contributed by atoms with Crippen molar-refractivity contribution in [2.75, 3.05) is 6.54 Å². The summed E-state index contributed by atoms with van der Waals surface area (Å²) in [7, 11) is 0. The molecule has 1 saturated carbocycles. The van der Waals surface area contributed by atoms with Gasteiger partial charge in [-0.1, -0.05) is 26.7 Å². The van der Waals surface area contributed by atoms with E-state index in [1.165, 1.54) is 6.42 Å². The van der Waals surface area contributed by atoms with E-state index < -0.39 is 5.54 Å². The molecule has 0 aromatic heterocycles. The van der Waals surface area contributed by atoms with Crippen molar-refractivity contribution in [1.29, 1.82) is 0 Å². The van der Waals surface area contributed by atoms with Crippen LogP contribution >= 0.6 is 0 Å². The number of hydrogen-bond donors (Lipinski definition) is 1. The Hall–Kier alpha value is -1.06. The summed E-state index contributed by atoms with van der Waals surface area (Å²) in [6.07, 6.45) is 5.40. The van der Waals surface area contributed by atoms with Crippen LogP contribution in [0.3, 0.4) is 0 Å². The zero-order valence-electron chi connectivity index (χ0n) is 13.2. The van der Waals surface area contributed by atoms with E-state index in [0.717, 1.165) is 25.7 Å². The Labute approximate surface area is 122 Å². The molecule has 4 nitrogen and oxygen atoms in total. The highest BCUT2D eigenvalue weighted by molar-refractivity contribution is 5.99. The third kappa shape index (κ3) is 2.99. The maximum Gasteiger partial charge on any atom is 0.248 e. The summed E-state index contributed by atoms with van der Waals surface area (Å²) in [5, 5.41) is 2.96. The summed E-state index contributed by atoms with van der Waals surface area (Å²) in [5.74, 6) is 1.16. The minimum Gasteiger partial charge on any atom is -0.340 e. The molecule has 0 aromatic rings. The molecule has 4 heteroatoms. The van der Waals surface area contributed by atoms with Crippen LogP contribution in [0.2, 0.25) is 0 Å². The largest absolute Gasteiger partial charge is 0.340 e. The Morgan fingerprint density at radius 2 is 1.95 bits per heavy atom. The molecule has 2 amide bonds. The van der Waals surface area contributed by atoms with Gasteiger partial charge in [-0.2, -0.15) is 0 Å². The zero-order valence-corrected chi connectivity index (χ0v) is 13.2. The molecule has 0 radical (unpaired) electrons. The van der Waals surface area contributed by atoms with E-state index in [4.69, 9.17) is 0 Å². The molecule has 2 rings (SSSR count). The van der Waals surface area contributed by atoms with Gasteiger partial charge in [-0.3, -0.25) is 9.59 Å². The molecule has 114 valence electrons. The molecule has 1 N–H and O–H groups in total. The molecule has 0 spiro atoms. The Morgan fingerprint density at radius 1 is 1.30 bits per heavy atom. The topological polar surface area (TPSA) is 49.4 Å². The fourth-order valence-electron chi connectivity index (χ4n) is 3.10. The van der Waals surface area contributed by atoms with E-state index in [9.17, 15) is 9.59 Å². The average Bonchev–Trinajstić information content (AvgIpc) is 3.20. The Bertz CT molecular complexity index is 390. The first-order chi connectivity index (χ1) is 9.36. The van der Waals surface area contributed by atoms with Gasteiger partial charge in [-0.25, -0.2) is 0 Å². The zero-order chi connectivity index (χ0) is 14.9. The third-order valence-corrected chi connectivity index (χ3v) is 4.76. The quantitative estimate of drug-likeness (QED) is 0.759. The van der Waals surface area contributed by atoms with E-state index in [1.54, 1.807) is 4.90 Å². The van der Waals surface area contributed by atoms with Crippen LogP contribution in [0.4, 0.5) is 0 Å². The predicted molar refractivity (Wildman–Crippen MR) is 79.1 cm³/mol. The monoisotopic (exact) mass is 280 g/mol. The number of hydrogen-bond acceptors (Lipinski definition) is 2. The van der Waals surface area contributed by atoms with Crippen LogP contribution in [-0.4, -0.2) is 34.8 Å². The van der Waals surface area contributed by atoms with Gasteiger partial charge >= 0.3 is 0 Å². The van der Waals surface area contributed by atoms with Crippen molar-refractivity contribution in [1.82, 2.24) is 10.2 Å². The second-order valence-corrected chi connectivity index (χ2v) is 7.03. The van der Waals surface area contributed by atoms with Gasteiger partial charge in [0.1, 0.15) is 11.6 Å². The number of piperazine rings is 1. The maximum atomic E-state index is 12.7. The number of amides is 2. The van der Waals surface area contributed by atoms with Gasteiger partial charge in [0.05, 0.1) is 0 Å². The van der Waals surface area contributed by atoms with Gasteiger partial charge in [0, 0.05) is 6.54 Å². The number of nitrogens with zero attached hydrogens (tertiary/aromatic N) is 1. The van der Waals surface area contributed by atoms with Crippen molar-refractivity contribution in [3.05, 3.63) is 0 Å². The van der Waals surface area contributed by atoms with Crippen molar-refractivity contribution >= 4 is 11.8 Å². The molecule has 2 unspecified atom stereocenters. The van der Waals surface area contributed by atoms with Gasteiger partial charge in [-0.15, -0.1) is 0 Å². The predicted octanol–water partition coefficient (Wildman–Crippen LogP) is 2.33. The van der Waals surface area contributed by atoms with Crippen LogP contribution in [0.1, 0.15) is 59.8 Å². The lowest BCUT2D eigenvalue weighted by Gasteiger charge is -2.43. The van der Waals surface area contributed by atoms with E-state index in [-0.39, 0.29) is 17.9 Å². The van der Waals surface area contributed by atoms with E-state index >= 15 is 0 Å². The lowest BCUT2D eigenvalue weighted by atomic mass is 9.89. The minimum absolute atomic E-state index is 0.00265. The summed E-state index contributed by atoms with van der Waals surface area (Å²) in [6, 6.07) is -0.326. The molecular weight excluding hydrogens is 252 g/mol. The van der Waals surface area contributed by atoms with Crippen LogP contribution < -0.4 is 5.32 Å². The highest BCUT2D eigenvalue weighted by Gasteiger charge is 2.54. The summed E-state index contributed by atoms with van der Waals surface area (Å²) in [6.45, 7) is 8.88. The van der Waals surface area contributed by atoms with Crippen LogP contribution in [0.5, 0.6) is 0 Å². The SMILES string of the molecule is CC(C)CCCCN1C(=O)C(C)(C2CC2)NC(=O)C1C. The van der Waals surface area contributed by atoms with Crippen LogP contribution in [0.25, 0.3) is 0 Å². The maximum absolute atomic E-state index is 12.7. The molecular formula is C16H28N2O2. The summed E-state index contributed by atoms with van der Waals surface area (Å²) in [5.41, 5.74) is -0.651. The number of carbonyl (C=O) groups is 2. The van der Waals surface area contributed by atoms with E-state index in [1.807, 2.05) is 13.8 Å². The van der Waals surface area contributed by atoms with Gasteiger partial charge in [0.2, 0.25) is 11.8 Å². The molecule has 1 saturated heterocycles. The number of carbonyl (C=O) groups excluding carboxylic acids is 2. The molecule has 1 aliphatic carbocycles. The Kier molecular flexibility index (Phi) is 4.40. The summed E-state index contributed by atoms with van der Waals surface area (Å²) < 4.78 is 0. The van der Waals surface area contributed by atoms with Gasteiger partial charge in [0.25, 0.3) is 0 Å². The number of rotatable bonds is 6. The van der Waals surface area contributed by atoms with E-state index in [2.05, 4.69) is 19.2 Å². The lowest BCUT2D eigenvalue weighted by Crippen LogP contribution is -2.69. The fraction of sp³-hybridized carbons (Fsp3) is 0.875. The van der Waals surface area contributed by atoms with Crippen LogP contribution in [0, 0.1) is 11.8 Å². The van der Waals surface area contributed by atoms with Crippen molar-refractivity contribution < 1.29 is 9.59 Å². The second kappa shape index (κ2) is 5.74. The smallest absolute Gasteiger partial charge is 0.248 e. The van der Waals surface area contributed by atoms with Crippen LogP contribution in [0.15, 0.2) is 0 Å². The molecule has 1 aliphatic heterocycles. The molecule has 0 aromatic carbocycles. The molecule has 2 atom stereocenters. The molecule has 2 fully saturated rings. The first-order valence-corrected chi connectivity index (χ1v) is 7.99. The van der Waals surface area contributed by atoms with Gasteiger partial charge in [-0.05, 0) is 44.9 Å². The lowest BCUT2D eigenvalue weighted by molar-refractivity contribution is -0.154. The first kappa shape index (κ1) is 15.3. The molecule has 20 heavy (non-hydrogen) atoms. The number of unbranched alkanes of at least 4 members (excludes halogenated alkanes) is 1. The highest BCUT2D eigenvalue weighted by Crippen LogP contribution is 2.42. The normalized spacial score (nSPS) is 30.9. The van der Waals surface area contributed by atoms with Crippen LogP contribution in [-0.2, 0) is 9.59 Å². The Morgan fingerprint density at radius 3 is 2.50 bits per heavy atom. The van der Waals surface area contributed by atoms with Crippen molar-refractivity contribution in [2.45, 2.75) is 71.4 Å². The van der Waals surface area contributed by atoms with Crippen molar-refractivity contribution in [3.8, 4) is 0 Å².